The van der Waals surface area contributed by atoms with Crippen molar-refractivity contribution >= 4 is 35.1 Å². The van der Waals surface area contributed by atoms with Crippen LogP contribution in [0.1, 0.15) is 39.3 Å². The predicted molar refractivity (Wildman–Crippen MR) is 153 cm³/mol. The Labute approximate surface area is 240 Å². The average Bonchev–Trinajstić information content (AvgIpc) is 2.97. The number of anilines is 2. The largest absolute Gasteiger partial charge is 0.456 e. The van der Waals surface area contributed by atoms with Crippen LogP contribution in [0.25, 0.3) is 0 Å². The molecule has 3 heterocycles. The molecule has 0 aliphatic carbocycles. The van der Waals surface area contributed by atoms with Crippen LogP contribution in [-0.4, -0.2) is 45.6 Å². The first-order valence-corrected chi connectivity index (χ1v) is 13.3. The molecular weight excluding hydrogens is 548 g/mol. The monoisotopic (exact) mass is 574 g/mol. The van der Waals surface area contributed by atoms with Crippen LogP contribution in [0.5, 0.6) is 11.5 Å². The molecule has 1 fully saturated rings. The number of nitrogens with one attached hydrogen (secondary N) is 2. The minimum absolute atomic E-state index is 0.0456. The number of aromatic nitrogens is 3. The molecule has 210 valence electrons. The third-order valence-corrected chi connectivity index (χ3v) is 6.65. The number of primary amides is 1. The van der Waals surface area contributed by atoms with Crippen LogP contribution in [-0.2, 0) is 11.3 Å². The average molecular weight is 575 g/mol. The van der Waals surface area contributed by atoms with E-state index in [9.17, 15) is 14.4 Å². The smallest absolute Gasteiger partial charge is 0.287 e. The van der Waals surface area contributed by atoms with Crippen LogP contribution >= 0.6 is 11.6 Å². The molecule has 1 saturated heterocycles. The molecule has 0 radical (unpaired) electrons. The fraction of sp³-hybridized carbons (Fsp3) is 0.207. The van der Waals surface area contributed by atoms with Crippen molar-refractivity contribution in [1.82, 2.24) is 19.9 Å². The van der Waals surface area contributed by atoms with Gasteiger partial charge in [0.05, 0.1) is 12.7 Å². The first-order valence-electron chi connectivity index (χ1n) is 12.9. The maximum Gasteiger partial charge on any atom is 0.287 e. The van der Waals surface area contributed by atoms with Crippen LogP contribution in [0.2, 0.25) is 5.02 Å². The standard InChI is InChI=1S/C29H27ClN6O5/c30-19-3-1-18(2-4-19)16-36-17-24(27(38)33-21-11-13-40-14-12-21)28(39)35-29(36)34-20-5-7-22(8-6-20)41-23-9-10-25(26(31)37)32-15-23/h1-10,15,17,21H,11-14,16H2,(H2,31,37)(H,33,38)(H,34,35,39). The summed E-state index contributed by atoms with van der Waals surface area (Å²) in [5, 5.41) is 6.69. The minimum atomic E-state index is -0.642. The Balaban J connectivity index is 1.36. The van der Waals surface area contributed by atoms with Gasteiger partial charge in [0.25, 0.3) is 17.4 Å². The van der Waals surface area contributed by atoms with Crippen molar-refractivity contribution < 1.29 is 19.1 Å². The molecule has 0 bridgehead atoms. The number of pyridine rings is 1. The van der Waals surface area contributed by atoms with E-state index in [1.807, 2.05) is 12.1 Å². The molecule has 12 heteroatoms. The Kier molecular flexibility index (Phi) is 8.56. The van der Waals surface area contributed by atoms with E-state index in [1.54, 1.807) is 47.0 Å². The Hall–Kier alpha value is -4.74. The van der Waals surface area contributed by atoms with E-state index in [1.165, 1.54) is 18.5 Å². The van der Waals surface area contributed by atoms with E-state index >= 15 is 0 Å². The van der Waals surface area contributed by atoms with Crippen molar-refractivity contribution in [1.29, 1.82) is 0 Å². The highest BCUT2D eigenvalue weighted by Crippen LogP contribution is 2.24. The van der Waals surface area contributed by atoms with Gasteiger partial charge in [-0.05, 0) is 66.9 Å². The number of carbonyl (C=O) groups excluding carboxylic acids is 2. The van der Waals surface area contributed by atoms with E-state index in [0.717, 1.165) is 5.56 Å². The maximum atomic E-state index is 13.0. The maximum absolute atomic E-state index is 13.0. The molecule has 4 N–H and O–H groups in total. The van der Waals surface area contributed by atoms with E-state index < -0.39 is 17.4 Å². The lowest BCUT2D eigenvalue weighted by atomic mass is 10.1. The molecule has 41 heavy (non-hydrogen) atoms. The molecular formula is C29H27ClN6O5. The molecule has 0 atom stereocenters. The third-order valence-electron chi connectivity index (χ3n) is 6.40. The van der Waals surface area contributed by atoms with Gasteiger partial charge in [-0.3, -0.25) is 14.4 Å². The molecule has 1 aliphatic heterocycles. The quantitative estimate of drug-likeness (QED) is 0.272. The highest BCUT2D eigenvalue weighted by Gasteiger charge is 2.21. The van der Waals surface area contributed by atoms with E-state index in [2.05, 4.69) is 20.6 Å². The van der Waals surface area contributed by atoms with E-state index in [0.29, 0.717) is 54.8 Å². The summed E-state index contributed by atoms with van der Waals surface area (Å²) in [4.78, 5) is 45.4. The lowest BCUT2D eigenvalue weighted by Gasteiger charge is -2.23. The summed E-state index contributed by atoms with van der Waals surface area (Å²) in [7, 11) is 0. The first-order chi connectivity index (χ1) is 19.8. The van der Waals surface area contributed by atoms with E-state index in [-0.39, 0.29) is 23.2 Å². The topological polar surface area (TPSA) is 150 Å². The summed E-state index contributed by atoms with van der Waals surface area (Å²) in [6.45, 7) is 1.46. The predicted octanol–water partition coefficient (Wildman–Crippen LogP) is 3.88. The molecule has 0 saturated carbocycles. The number of nitrogens with two attached hydrogens (primary N) is 1. The Morgan fingerprint density at radius 2 is 1.73 bits per heavy atom. The molecule has 2 aromatic carbocycles. The Morgan fingerprint density at radius 1 is 1.02 bits per heavy atom. The van der Waals surface area contributed by atoms with E-state index in [4.69, 9.17) is 26.8 Å². The number of ether oxygens (including phenoxy) is 2. The minimum Gasteiger partial charge on any atom is -0.456 e. The molecule has 0 spiro atoms. The zero-order chi connectivity index (χ0) is 28.8. The highest BCUT2D eigenvalue weighted by atomic mass is 35.5. The summed E-state index contributed by atoms with van der Waals surface area (Å²) in [6.07, 6.45) is 4.30. The normalized spacial score (nSPS) is 13.4. The summed E-state index contributed by atoms with van der Waals surface area (Å²) in [6, 6.07) is 17.2. The second-order valence-corrected chi connectivity index (χ2v) is 9.83. The summed E-state index contributed by atoms with van der Waals surface area (Å²) in [5.41, 5.74) is 6.21. The number of nitrogens with zero attached hydrogens (tertiary/aromatic N) is 3. The van der Waals surface area contributed by atoms with Gasteiger partial charge >= 0.3 is 0 Å². The van der Waals surface area contributed by atoms with Crippen molar-refractivity contribution in [2.24, 2.45) is 5.73 Å². The van der Waals surface area contributed by atoms with Crippen molar-refractivity contribution in [2.45, 2.75) is 25.4 Å². The lowest BCUT2D eigenvalue weighted by molar-refractivity contribution is 0.0695. The Morgan fingerprint density at radius 3 is 2.39 bits per heavy atom. The summed E-state index contributed by atoms with van der Waals surface area (Å²) in [5.74, 6) is 0.126. The summed E-state index contributed by atoms with van der Waals surface area (Å²) >= 11 is 6.05. The number of rotatable bonds is 9. The zero-order valence-corrected chi connectivity index (χ0v) is 22.6. The fourth-order valence-corrected chi connectivity index (χ4v) is 4.34. The van der Waals surface area contributed by atoms with Gasteiger partial charge in [0, 0.05) is 36.2 Å². The number of hydrogen-bond acceptors (Lipinski definition) is 8. The van der Waals surface area contributed by atoms with Crippen molar-refractivity contribution in [3.8, 4) is 11.5 Å². The van der Waals surface area contributed by atoms with Gasteiger partial charge in [-0.25, -0.2) is 4.98 Å². The SMILES string of the molecule is NC(=O)c1ccc(Oc2ccc(Nc3nc(=O)c(C(=O)NC4CCOCC4)cn3Cc3ccc(Cl)cc3)cc2)cn1. The summed E-state index contributed by atoms with van der Waals surface area (Å²) < 4.78 is 12.8. The fourth-order valence-electron chi connectivity index (χ4n) is 4.22. The van der Waals surface area contributed by atoms with Gasteiger partial charge in [-0.2, -0.15) is 4.98 Å². The second-order valence-electron chi connectivity index (χ2n) is 9.39. The first kappa shape index (κ1) is 27.8. The van der Waals surface area contributed by atoms with Gasteiger partial charge < -0.3 is 30.4 Å². The lowest BCUT2D eigenvalue weighted by Crippen LogP contribution is -2.41. The van der Waals surface area contributed by atoms with Crippen LogP contribution in [0.3, 0.4) is 0 Å². The van der Waals surface area contributed by atoms with Gasteiger partial charge in [-0.15, -0.1) is 0 Å². The molecule has 2 aromatic heterocycles. The second kappa shape index (κ2) is 12.6. The van der Waals surface area contributed by atoms with Crippen molar-refractivity contribution in [3.63, 3.8) is 0 Å². The number of halogens is 1. The third kappa shape index (κ3) is 7.27. The van der Waals surface area contributed by atoms with Crippen molar-refractivity contribution in [3.05, 3.63) is 105 Å². The zero-order valence-electron chi connectivity index (χ0n) is 21.9. The van der Waals surface area contributed by atoms with Gasteiger partial charge in [0.2, 0.25) is 5.95 Å². The molecule has 2 amide bonds. The van der Waals surface area contributed by atoms with Gasteiger partial charge in [0.1, 0.15) is 22.8 Å². The molecule has 0 unspecified atom stereocenters. The van der Waals surface area contributed by atoms with Crippen molar-refractivity contribution in [2.75, 3.05) is 18.5 Å². The molecule has 4 aromatic rings. The molecule has 5 rings (SSSR count). The van der Waals surface area contributed by atoms with Crippen LogP contribution in [0.15, 0.2) is 77.9 Å². The van der Waals surface area contributed by atoms with Crippen LogP contribution in [0.4, 0.5) is 11.6 Å². The molecule has 1 aliphatic rings. The highest BCUT2D eigenvalue weighted by molar-refractivity contribution is 6.30. The van der Waals surface area contributed by atoms with Gasteiger partial charge in [-0.1, -0.05) is 23.7 Å². The number of hydrogen-bond donors (Lipinski definition) is 3. The van der Waals surface area contributed by atoms with Crippen LogP contribution in [0, 0.1) is 0 Å². The molecule has 11 nitrogen and oxygen atoms in total. The number of carbonyl (C=O) groups is 2. The number of benzene rings is 2. The number of amides is 2. The van der Waals surface area contributed by atoms with Gasteiger partial charge in [0.15, 0.2) is 0 Å². The van der Waals surface area contributed by atoms with Crippen LogP contribution < -0.4 is 26.7 Å². The Bertz CT molecular complexity index is 1580.